The number of ether oxygens (including phenoxy) is 2. The van der Waals surface area contributed by atoms with Crippen molar-refractivity contribution in [2.75, 3.05) is 14.2 Å². The van der Waals surface area contributed by atoms with Crippen LogP contribution in [0.1, 0.15) is 0 Å². The molecule has 0 aliphatic carbocycles. The topological polar surface area (TPSA) is 31.4 Å². The van der Waals surface area contributed by atoms with Crippen LogP contribution >= 0.6 is 11.3 Å². The zero-order valence-corrected chi connectivity index (χ0v) is 8.14. The van der Waals surface area contributed by atoms with Crippen LogP contribution in [-0.2, 0) is 0 Å². The summed E-state index contributed by atoms with van der Waals surface area (Å²) in [6.45, 7) is 0. The monoisotopic (exact) mass is 194 g/mol. The van der Waals surface area contributed by atoms with Crippen LogP contribution in [0.15, 0.2) is 12.1 Å². The van der Waals surface area contributed by atoms with Gasteiger partial charge in [0.25, 0.3) is 0 Å². The molecule has 2 rings (SSSR count). The first kappa shape index (κ1) is 8.31. The van der Waals surface area contributed by atoms with E-state index in [1.54, 1.807) is 14.2 Å². The van der Waals surface area contributed by atoms with Gasteiger partial charge in [-0.05, 0) is 12.1 Å². The fourth-order valence-corrected chi connectivity index (χ4v) is 1.80. The van der Waals surface area contributed by atoms with E-state index in [1.165, 1.54) is 11.3 Å². The molecule has 3 nitrogen and oxygen atoms in total. The van der Waals surface area contributed by atoms with Crippen LogP contribution in [0.25, 0.3) is 10.2 Å². The molecule has 0 aliphatic heterocycles. The maximum absolute atomic E-state index is 5.21. The Morgan fingerprint density at radius 3 is 2.85 bits per heavy atom. The van der Waals surface area contributed by atoms with Crippen molar-refractivity contribution in [2.45, 2.75) is 0 Å². The molecule has 67 valence electrons. The molecule has 1 aromatic carbocycles. The largest absolute Gasteiger partial charge is 0.493 e. The zero-order chi connectivity index (χ0) is 9.26. The van der Waals surface area contributed by atoms with Gasteiger partial charge in [-0.25, -0.2) is 4.98 Å². The summed E-state index contributed by atoms with van der Waals surface area (Å²) >= 11 is 1.46. The van der Waals surface area contributed by atoms with Crippen molar-refractivity contribution in [1.82, 2.24) is 4.98 Å². The molecule has 2 aromatic rings. The third kappa shape index (κ3) is 1.23. The fourth-order valence-electron chi connectivity index (χ4n) is 1.20. The number of rotatable bonds is 2. The molecule has 0 aliphatic rings. The number of aromatic nitrogens is 1. The Morgan fingerprint density at radius 1 is 1.31 bits per heavy atom. The minimum Gasteiger partial charge on any atom is -0.493 e. The lowest BCUT2D eigenvalue weighted by molar-refractivity contribution is 0.358. The van der Waals surface area contributed by atoms with Crippen molar-refractivity contribution in [3.63, 3.8) is 0 Å². The lowest BCUT2D eigenvalue weighted by Gasteiger charge is -2.06. The van der Waals surface area contributed by atoms with Gasteiger partial charge in [-0.2, -0.15) is 0 Å². The van der Waals surface area contributed by atoms with Gasteiger partial charge < -0.3 is 9.47 Å². The summed E-state index contributed by atoms with van der Waals surface area (Å²) in [5.41, 5.74) is 3.63. The number of nitrogens with zero attached hydrogens (tertiary/aromatic N) is 1. The molecule has 1 radical (unpaired) electrons. The predicted octanol–water partition coefficient (Wildman–Crippen LogP) is 2.11. The first-order valence-electron chi connectivity index (χ1n) is 3.74. The summed E-state index contributed by atoms with van der Waals surface area (Å²) in [5, 5.41) is 0. The molecular weight excluding hydrogens is 186 g/mol. The van der Waals surface area contributed by atoms with Gasteiger partial charge in [0, 0.05) is 0 Å². The first-order chi connectivity index (χ1) is 6.36. The number of hydrogen-bond acceptors (Lipinski definition) is 4. The first-order valence-corrected chi connectivity index (χ1v) is 4.56. The van der Waals surface area contributed by atoms with Crippen LogP contribution in [0, 0.1) is 5.51 Å². The van der Waals surface area contributed by atoms with Crippen LogP contribution in [0.4, 0.5) is 0 Å². The molecular formula is C9H8NO2S. The third-order valence-electron chi connectivity index (χ3n) is 1.80. The number of hydrogen-bond donors (Lipinski definition) is 0. The van der Waals surface area contributed by atoms with Gasteiger partial charge in [0.2, 0.25) is 0 Å². The van der Waals surface area contributed by atoms with E-state index in [2.05, 4.69) is 10.5 Å². The fraction of sp³-hybridized carbons (Fsp3) is 0.222. The zero-order valence-electron chi connectivity index (χ0n) is 7.33. The lowest BCUT2D eigenvalue weighted by atomic mass is 10.3. The Hall–Kier alpha value is -1.29. The number of thiazole rings is 1. The molecule has 0 spiro atoms. The minimum atomic E-state index is 0.678. The molecule has 0 saturated heterocycles. The van der Waals surface area contributed by atoms with E-state index >= 15 is 0 Å². The highest BCUT2D eigenvalue weighted by molar-refractivity contribution is 7.16. The highest BCUT2D eigenvalue weighted by atomic mass is 32.1. The lowest BCUT2D eigenvalue weighted by Crippen LogP contribution is -1.90. The molecule has 0 atom stereocenters. The number of methoxy groups -OCH3 is 2. The minimum absolute atomic E-state index is 0.678. The number of fused-ring (bicyclic) bond motifs is 1. The Bertz CT molecular complexity index is 424. The highest BCUT2D eigenvalue weighted by Gasteiger charge is 2.10. The van der Waals surface area contributed by atoms with E-state index in [9.17, 15) is 0 Å². The molecule has 1 aromatic heterocycles. The van der Waals surface area contributed by atoms with Crippen LogP contribution in [0.2, 0.25) is 0 Å². The van der Waals surface area contributed by atoms with Crippen LogP contribution < -0.4 is 9.47 Å². The summed E-state index contributed by atoms with van der Waals surface area (Å²) in [7, 11) is 3.22. The molecule has 0 fully saturated rings. The molecule has 0 N–H and O–H groups in total. The smallest absolute Gasteiger partial charge is 0.188 e. The van der Waals surface area contributed by atoms with Gasteiger partial charge in [0.05, 0.1) is 18.9 Å². The Kier molecular flexibility index (Phi) is 2.06. The Morgan fingerprint density at radius 2 is 2.15 bits per heavy atom. The quantitative estimate of drug-likeness (QED) is 0.733. The van der Waals surface area contributed by atoms with Crippen LogP contribution in [0.5, 0.6) is 11.5 Å². The van der Waals surface area contributed by atoms with Gasteiger partial charge in [-0.15, -0.1) is 11.3 Å². The molecule has 0 saturated carbocycles. The van der Waals surface area contributed by atoms with Gasteiger partial charge in [0.15, 0.2) is 17.0 Å². The molecule has 13 heavy (non-hydrogen) atoms. The standard InChI is InChI=1S/C9H8NO2S/c1-11-6-3-4-7-8(9(6)12-2)10-5-13-7/h3-4H,1-2H3. The van der Waals surface area contributed by atoms with E-state index in [-0.39, 0.29) is 0 Å². The summed E-state index contributed by atoms with van der Waals surface area (Å²) in [5.74, 6) is 1.38. The van der Waals surface area contributed by atoms with E-state index in [1.807, 2.05) is 12.1 Å². The van der Waals surface area contributed by atoms with Crippen molar-refractivity contribution in [2.24, 2.45) is 0 Å². The van der Waals surface area contributed by atoms with E-state index in [0.717, 1.165) is 10.2 Å². The van der Waals surface area contributed by atoms with Crippen molar-refractivity contribution in [3.05, 3.63) is 17.6 Å². The van der Waals surface area contributed by atoms with E-state index in [0.29, 0.717) is 11.5 Å². The molecule has 0 unspecified atom stereocenters. The molecule has 1 heterocycles. The van der Waals surface area contributed by atoms with E-state index in [4.69, 9.17) is 9.47 Å². The summed E-state index contributed by atoms with van der Waals surface area (Å²) < 4.78 is 11.4. The maximum Gasteiger partial charge on any atom is 0.188 e. The van der Waals surface area contributed by atoms with Crippen molar-refractivity contribution >= 4 is 21.6 Å². The summed E-state index contributed by atoms with van der Waals surface area (Å²) in [4.78, 5) is 4.09. The second kappa shape index (κ2) is 3.22. The Balaban J connectivity index is 2.74. The van der Waals surface area contributed by atoms with Crippen LogP contribution in [0.3, 0.4) is 0 Å². The Labute approximate surface area is 79.9 Å². The predicted molar refractivity (Wildman–Crippen MR) is 51.6 cm³/mol. The number of benzene rings is 1. The van der Waals surface area contributed by atoms with Crippen molar-refractivity contribution in [3.8, 4) is 11.5 Å². The van der Waals surface area contributed by atoms with Gasteiger partial charge in [-0.1, -0.05) is 0 Å². The molecule has 0 bridgehead atoms. The molecule has 4 heteroatoms. The van der Waals surface area contributed by atoms with E-state index < -0.39 is 0 Å². The average Bonchev–Trinajstić information content (AvgIpc) is 2.63. The normalized spacial score (nSPS) is 10.3. The van der Waals surface area contributed by atoms with Crippen molar-refractivity contribution in [1.29, 1.82) is 0 Å². The van der Waals surface area contributed by atoms with Gasteiger partial charge >= 0.3 is 0 Å². The maximum atomic E-state index is 5.21. The van der Waals surface area contributed by atoms with Gasteiger partial charge in [-0.3, -0.25) is 0 Å². The van der Waals surface area contributed by atoms with Crippen molar-refractivity contribution < 1.29 is 9.47 Å². The second-order valence-electron chi connectivity index (χ2n) is 2.45. The summed E-state index contributed by atoms with van der Waals surface area (Å²) in [6, 6.07) is 3.82. The average molecular weight is 194 g/mol. The van der Waals surface area contributed by atoms with Crippen LogP contribution in [-0.4, -0.2) is 19.2 Å². The molecule has 0 amide bonds. The van der Waals surface area contributed by atoms with Gasteiger partial charge in [0.1, 0.15) is 5.52 Å². The second-order valence-corrected chi connectivity index (χ2v) is 3.28. The highest BCUT2D eigenvalue weighted by Crippen LogP contribution is 2.35. The summed E-state index contributed by atoms with van der Waals surface area (Å²) in [6.07, 6.45) is 0. The third-order valence-corrected chi connectivity index (χ3v) is 2.53. The SMILES string of the molecule is COc1ccc2s[c]nc2c1OC.